The summed E-state index contributed by atoms with van der Waals surface area (Å²) in [4.78, 5) is 0. The van der Waals surface area contributed by atoms with E-state index in [9.17, 15) is 0 Å². The summed E-state index contributed by atoms with van der Waals surface area (Å²) in [7, 11) is -5.23. The molecule has 0 bridgehead atoms. The molecule has 5 heteroatoms. The molecule has 0 saturated heterocycles. The van der Waals surface area contributed by atoms with Gasteiger partial charge in [0, 0.05) is 0 Å². The smallest absolute Gasteiger partial charge is 0.193 e. The van der Waals surface area contributed by atoms with Gasteiger partial charge in [0.2, 0.25) is 0 Å². The monoisotopic (exact) mass is 508 g/mol. The molecule has 0 spiro atoms. The molecular formula is C28H56O2Si3. The summed E-state index contributed by atoms with van der Waals surface area (Å²) >= 11 is 0. The molecule has 2 atom stereocenters. The third-order valence-corrected chi connectivity index (χ3v) is 16.9. The van der Waals surface area contributed by atoms with Crippen LogP contribution in [0.1, 0.15) is 74.1 Å². The average molecular weight is 509 g/mol. The molecule has 33 heavy (non-hydrogen) atoms. The van der Waals surface area contributed by atoms with Crippen LogP contribution in [0.15, 0.2) is 24.3 Å². The molecule has 0 aromatic carbocycles. The van der Waals surface area contributed by atoms with E-state index in [2.05, 4.69) is 124 Å². The van der Waals surface area contributed by atoms with E-state index in [-0.39, 0.29) is 22.3 Å². The summed E-state index contributed by atoms with van der Waals surface area (Å²) in [6.45, 7) is 32.4. The van der Waals surface area contributed by atoms with E-state index < -0.39 is 24.7 Å². The molecule has 0 aliphatic carbocycles. The molecular weight excluding hydrogens is 453 g/mol. The molecule has 2 nitrogen and oxygen atoms in total. The Kier molecular flexibility index (Phi) is 12.9. The highest BCUT2D eigenvalue weighted by molar-refractivity contribution is 6.83. The fourth-order valence-electron chi connectivity index (χ4n) is 2.73. The van der Waals surface area contributed by atoms with Crippen molar-refractivity contribution in [2.75, 3.05) is 0 Å². The average Bonchev–Trinajstić information content (AvgIpc) is 2.59. The molecule has 0 fully saturated rings. The molecule has 2 unspecified atom stereocenters. The lowest BCUT2D eigenvalue weighted by atomic mass is 10.1. The van der Waals surface area contributed by atoms with Gasteiger partial charge in [-0.3, -0.25) is 0 Å². The van der Waals surface area contributed by atoms with Gasteiger partial charge in [-0.25, -0.2) is 0 Å². The minimum Gasteiger partial charge on any atom is -0.411 e. The summed E-state index contributed by atoms with van der Waals surface area (Å²) in [5.74, 6) is 3.22. The van der Waals surface area contributed by atoms with Gasteiger partial charge >= 0.3 is 0 Å². The quantitative estimate of drug-likeness (QED) is 0.120. The van der Waals surface area contributed by atoms with Crippen LogP contribution in [-0.4, -0.2) is 36.9 Å². The van der Waals surface area contributed by atoms with Crippen molar-refractivity contribution in [3.05, 3.63) is 24.3 Å². The van der Waals surface area contributed by atoms with Crippen LogP contribution in [0.5, 0.6) is 0 Å². The molecule has 0 saturated carbocycles. The van der Waals surface area contributed by atoms with Gasteiger partial charge < -0.3 is 8.85 Å². The van der Waals surface area contributed by atoms with Crippen molar-refractivity contribution in [2.24, 2.45) is 0 Å². The second kappa shape index (κ2) is 13.1. The summed E-state index contributed by atoms with van der Waals surface area (Å²) in [5, 5.41) is 0.330. The largest absolute Gasteiger partial charge is 0.411 e. The van der Waals surface area contributed by atoms with E-state index in [0.29, 0.717) is 0 Å². The van der Waals surface area contributed by atoms with Gasteiger partial charge in [-0.1, -0.05) is 112 Å². The van der Waals surface area contributed by atoms with E-state index in [1.807, 2.05) is 6.08 Å². The molecule has 0 heterocycles. The highest BCUT2D eigenvalue weighted by Gasteiger charge is 2.43. The molecule has 0 aromatic heterocycles. The van der Waals surface area contributed by atoms with Crippen LogP contribution in [0.4, 0.5) is 0 Å². The first-order chi connectivity index (χ1) is 14.7. The van der Waals surface area contributed by atoms with Crippen molar-refractivity contribution in [2.45, 2.75) is 142 Å². The summed E-state index contributed by atoms with van der Waals surface area (Å²) < 4.78 is 14.0. The first-order valence-corrected chi connectivity index (χ1v) is 22.3. The molecule has 0 N–H and O–H groups in total. The van der Waals surface area contributed by atoms with Gasteiger partial charge in [-0.05, 0) is 48.8 Å². The Bertz CT molecular complexity index is 690. The van der Waals surface area contributed by atoms with Gasteiger partial charge in [0.1, 0.15) is 8.07 Å². The third kappa shape index (κ3) is 12.8. The number of hydrogen-bond acceptors (Lipinski definition) is 2. The number of hydrogen-bond donors (Lipinski definition) is 0. The lowest BCUT2D eigenvalue weighted by molar-refractivity contribution is 0.0559. The van der Waals surface area contributed by atoms with E-state index in [0.717, 1.165) is 6.42 Å². The van der Waals surface area contributed by atoms with Gasteiger partial charge in [-0.2, -0.15) is 0 Å². The van der Waals surface area contributed by atoms with E-state index in [1.54, 1.807) is 0 Å². The molecule has 192 valence electrons. The standard InChI is InChI=1S/C28H56O2Si3/c1-15-16-19-22-25(29-32(11,12)27(2,3)4)26(30-33(13,14)28(5,6)7)23-20-17-18-21-24-31(8,9)10/h17-18,20,23,25-26H,15-16,19,22H2,1-14H3. The lowest BCUT2D eigenvalue weighted by Gasteiger charge is -2.44. The zero-order valence-electron chi connectivity index (χ0n) is 24.6. The van der Waals surface area contributed by atoms with Crippen molar-refractivity contribution in [3.63, 3.8) is 0 Å². The number of rotatable bonds is 11. The molecule has 0 aromatic rings. The second-order valence-corrected chi connectivity index (χ2v) is 27.8. The molecule has 0 aliphatic heterocycles. The van der Waals surface area contributed by atoms with Crippen LogP contribution in [0.2, 0.25) is 55.9 Å². The van der Waals surface area contributed by atoms with Crippen LogP contribution in [0.25, 0.3) is 0 Å². The summed E-state index contributed by atoms with van der Waals surface area (Å²) in [5.41, 5.74) is 3.40. The summed E-state index contributed by atoms with van der Waals surface area (Å²) in [6, 6.07) is 0. The zero-order valence-corrected chi connectivity index (χ0v) is 27.6. The Morgan fingerprint density at radius 2 is 1.27 bits per heavy atom. The van der Waals surface area contributed by atoms with Crippen molar-refractivity contribution in [3.8, 4) is 11.5 Å². The fraction of sp³-hybridized carbons (Fsp3) is 0.786. The predicted molar refractivity (Wildman–Crippen MR) is 158 cm³/mol. The zero-order chi connectivity index (χ0) is 26.1. The van der Waals surface area contributed by atoms with E-state index in [1.165, 1.54) is 19.3 Å². The first kappa shape index (κ1) is 32.6. The Morgan fingerprint density at radius 3 is 1.73 bits per heavy atom. The Balaban J connectivity index is 6.05. The summed E-state index contributed by atoms with van der Waals surface area (Å²) in [6.07, 6.45) is 13.1. The lowest BCUT2D eigenvalue weighted by Crippen LogP contribution is -2.51. The highest BCUT2D eigenvalue weighted by Crippen LogP contribution is 2.41. The Morgan fingerprint density at radius 1 is 0.758 bits per heavy atom. The van der Waals surface area contributed by atoms with Crippen LogP contribution in [0, 0.1) is 11.5 Å². The topological polar surface area (TPSA) is 18.5 Å². The van der Waals surface area contributed by atoms with Crippen LogP contribution in [0.3, 0.4) is 0 Å². The fourth-order valence-corrected chi connectivity index (χ4v) is 5.88. The van der Waals surface area contributed by atoms with Crippen molar-refractivity contribution < 1.29 is 8.85 Å². The normalized spacial score (nSPS) is 16.2. The van der Waals surface area contributed by atoms with Gasteiger partial charge in [0.25, 0.3) is 0 Å². The third-order valence-electron chi connectivity index (χ3n) is 6.99. The minimum absolute atomic E-state index is 0.0357. The Labute approximate surface area is 211 Å². The SMILES string of the molecule is CCCCCC(O[Si](C)(C)C(C)(C)C)C(C=CC=CC#C[Si](C)(C)C)O[Si](C)(C)C(C)(C)C. The Hall–Kier alpha value is -0.389. The maximum atomic E-state index is 7.03. The van der Waals surface area contributed by atoms with Crippen LogP contribution < -0.4 is 0 Å². The van der Waals surface area contributed by atoms with Crippen LogP contribution in [-0.2, 0) is 8.85 Å². The van der Waals surface area contributed by atoms with Crippen LogP contribution >= 0.6 is 0 Å². The highest BCUT2D eigenvalue weighted by atomic mass is 28.4. The predicted octanol–water partition coefficient (Wildman–Crippen LogP) is 9.34. The van der Waals surface area contributed by atoms with Gasteiger partial charge in [-0.15, -0.1) is 5.54 Å². The van der Waals surface area contributed by atoms with Crippen molar-refractivity contribution in [1.29, 1.82) is 0 Å². The van der Waals surface area contributed by atoms with Gasteiger partial charge in [0.15, 0.2) is 16.6 Å². The van der Waals surface area contributed by atoms with Gasteiger partial charge in [0.05, 0.1) is 12.2 Å². The van der Waals surface area contributed by atoms with Crippen molar-refractivity contribution >= 4 is 24.7 Å². The maximum absolute atomic E-state index is 7.03. The molecule has 0 rings (SSSR count). The number of allylic oxidation sites excluding steroid dienone is 3. The maximum Gasteiger partial charge on any atom is 0.193 e. The second-order valence-electron chi connectivity index (χ2n) is 13.5. The minimum atomic E-state index is -1.96. The molecule has 0 aliphatic rings. The first-order valence-electron chi connectivity index (χ1n) is 13.0. The van der Waals surface area contributed by atoms with E-state index >= 15 is 0 Å². The number of unbranched alkanes of at least 4 members (excludes halogenated alkanes) is 2. The van der Waals surface area contributed by atoms with E-state index in [4.69, 9.17) is 8.85 Å². The molecule has 0 radical (unpaired) electrons. The van der Waals surface area contributed by atoms with Crippen molar-refractivity contribution in [1.82, 2.24) is 0 Å². The molecule has 0 amide bonds.